The van der Waals surface area contributed by atoms with Crippen molar-refractivity contribution in [2.75, 3.05) is 13.7 Å². The number of ether oxygens (including phenoxy) is 2. The molecule has 2 fully saturated rings. The molecule has 6 nitrogen and oxygen atoms in total. The van der Waals surface area contributed by atoms with Crippen LogP contribution in [-0.4, -0.2) is 42.6 Å². The van der Waals surface area contributed by atoms with Gasteiger partial charge in [0.2, 0.25) is 0 Å². The van der Waals surface area contributed by atoms with Gasteiger partial charge in [0.05, 0.1) is 30.2 Å². The predicted molar refractivity (Wildman–Crippen MR) is 112 cm³/mol. The highest BCUT2D eigenvalue weighted by Gasteiger charge is 2.51. The third kappa shape index (κ3) is 3.71. The van der Waals surface area contributed by atoms with Gasteiger partial charge in [-0.15, -0.1) is 0 Å². The summed E-state index contributed by atoms with van der Waals surface area (Å²) in [5, 5.41) is 1.01. The first-order valence-corrected chi connectivity index (χ1v) is 10.4. The maximum Gasteiger partial charge on any atom is 0.494 e. The lowest BCUT2D eigenvalue weighted by Gasteiger charge is -2.32. The molecule has 3 heterocycles. The van der Waals surface area contributed by atoms with Gasteiger partial charge in [-0.05, 0) is 64.1 Å². The molecule has 0 amide bonds. The highest BCUT2D eigenvalue weighted by molar-refractivity contribution is 6.62. The monoisotopic (exact) mass is 399 g/mol. The Bertz CT molecular complexity index is 897. The number of aromatic nitrogens is 1. The summed E-state index contributed by atoms with van der Waals surface area (Å²) in [6.45, 7) is 8.95. The minimum absolute atomic E-state index is 0.000319. The second-order valence-corrected chi connectivity index (χ2v) is 9.00. The maximum absolute atomic E-state index is 12.0. The molecule has 0 spiro atoms. The SMILES string of the molecule is COC(=O)Cc1cn(C2CCCCO2)c2ccc(B3OC(C)(C)C(C)(C)O3)cc12. The van der Waals surface area contributed by atoms with Crippen LogP contribution in [0.4, 0.5) is 0 Å². The number of fused-ring (bicyclic) bond motifs is 1. The number of methoxy groups -OCH3 is 1. The van der Waals surface area contributed by atoms with Crippen molar-refractivity contribution >= 4 is 29.5 Å². The molecule has 2 aliphatic heterocycles. The van der Waals surface area contributed by atoms with Crippen molar-refractivity contribution in [1.29, 1.82) is 0 Å². The molecule has 2 aromatic rings. The Morgan fingerprint density at radius 3 is 2.55 bits per heavy atom. The summed E-state index contributed by atoms with van der Waals surface area (Å²) < 4.78 is 25.5. The fourth-order valence-electron chi connectivity index (χ4n) is 4.02. The fourth-order valence-corrected chi connectivity index (χ4v) is 4.02. The average molecular weight is 399 g/mol. The minimum atomic E-state index is -0.440. The Morgan fingerprint density at radius 2 is 1.93 bits per heavy atom. The van der Waals surface area contributed by atoms with Crippen LogP contribution in [0.15, 0.2) is 24.4 Å². The number of benzene rings is 1. The van der Waals surface area contributed by atoms with Gasteiger partial charge in [-0.3, -0.25) is 4.79 Å². The second-order valence-electron chi connectivity index (χ2n) is 9.00. The summed E-state index contributed by atoms with van der Waals surface area (Å²) in [6.07, 6.45) is 5.46. The summed E-state index contributed by atoms with van der Waals surface area (Å²) in [5.41, 5.74) is 2.13. The van der Waals surface area contributed by atoms with Crippen LogP contribution >= 0.6 is 0 Å². The van der Waals surface area contributed by atoms with Crippen LogP contribution in [0, 0.1) is 0 Å². The van der Waals surface area contributed by atoms with Crippen LogP contribution in [0.3, 0.4) is 0 Å². The van der Waals surface area contributed by atoms with Gasteiger partial charge in [-0.25, -0.2) is 0 Å². The van der Waals surface area contributed by atoms with E-state index in [0.29, 0.717) is 0 Å². The molecular formula is C22H30BNO5. The first-order valence-electron chi connectivity index (χ1n) is 10.4. The zero-order valence-electron chi connectivity index (χ0n) is 18.0. The van der Waals surface area contributed by atoms with Gasteiger partial charge in [0.15, 0.2) is 0 Å². The van der Waals surface area contributed by atoms with E-state index < -0.39 is 18.3 Å². The van der Waals surface area contributed by atoms with Crippen molar-refractivity contribution in [2.24, 2.45) is 0 Å². The molecule has 1 atom stereocenters. The van der Waals surface area contributed by atoms with Gasteiger partial charge in [-0.2, -0.15) is 0 Å². The first-order chi connectivity index (χ1) is 13.7. The number of carbonyl (C=O) groups excluding carboxylic acids is 1. The predicted octanol–water partition coefficient (Wildman–Crippen LogP) is 3.36. The van der Waals surface area contributed by atoms with E-state index in [1.807, 2.05) is 40.0 Å². The van der Waals surface area contributed by atoms with Crippen LogP contribution in [0.25, 0.3) is 10.9 Å². The number of rotatable bonds is 4. The van der Waals surface area contributed by atoms with Crippen molar-refractivity contribution in [3.63, 3.8) is 0 Å². The van der Waals surface area contributed by atoms with E-state index in [2.05, 4.69) is 16.7 Å². The molecule has 29 heavy (non-hydrogen) atoms. The van der Waals surface area contributed by atoms with E-state index in [1.165, 1.54) is 7.11 Å². The third-order valence-electron chi connectivity index (χ3n) is 6.49. The molecule has 4 rings (SSSR count). The Balaban J connectivity index is 1.74. The molecule has 2 saturated heterocycles. The molecule has 0 bridgehead atoms. The molecular weight excluding hydrogens is 369 g/mol. The van der Waals surface area contributed by atoms with Crippen molar-refractivity contribution < 1.29 is 23.6 Å². The summed E-state index contributed by atoms with van der Waals surface area (Å²) in [4.78, 5) is 12.0. The van der Waals surface area contributed by atoms with E-state index in [1.54, 1.807) is 0 Å². The number of hydrogen-bond donors (Lipinski definition) is 0. The molecule has 0 aliphatic carbocycles. The molecule has 156 valence electrons. The van der Waals surface area contributed by atoms with Gasteiger partial charge in [-0.1, -0.05) is 12.1 Å². The van der Waals surface area contributed by atoms with Crippen molar-refractivity contribution in [1.82, 2.24) is 4.57 Å². The Hall–Kier alpha value is -1.83. The molecule has 0 saturated carbocycles. The average Bonchev–Trinajstić information content (AvgIpc) is 3.15. The molecule has 0 radical (unpaired) electrons. The van der Waals surface area contributed by atoms with Gasteiger partial charge < -0.3 is 23.3 Å². The van der Waals surface area contributed by atoms with Gasteiger partial charge in [0, 0.05) is 18.2 Å². The standard InChI is InChI=1S/C22H30BNO5/c1-21(2)22(3,4)29-23(28-21)16-9-10-18-17(13-16)15(12-20(25)26-5)14-24(18)19-8-6-7-11-27-19/h9-10,13-14,19H,6-8,11-12H2,1-5H3. The molecule has 0 N–H and O–H groups in total. The van der Waals surface area contributed by atoms with E-state index in [9.17, 15) is 4.79 Å². The van der Waals surface area contributed by atoms with Gasteiger partial charge in [0.1, 0.15) is 6.23 Å². The van der Waals surface area contributed by atoms with E-state index >= 15 is 0 Å². The van der Waals surface area contributed by atoms with Gasteiger partial charge >= 0.3 is 13.1 Å². The quantitative estimate of drug-likeness (QED) is 0.583. The highest BCUT2D eigenvalue weighted by Crippen LogP contribution is 2.37. The molecule has 1 aromatic heterocycles. The van der Waals surface area contributed by atoms with Crippen LogP contribution < -0.4 is 5.46 Å². The van der Waals surface area contributed by atoms with Crippen LogP contribution in [0.2, 0.25) is 0 Å². The Labute approximate surface area is 172 Å². The zero-order valence-corrected chi connectivity index (χ0v) is 18.0. The normalized spacial score (nSPS) is 23.5. The topological polar surface area (TPSA) is 58.9 Å². The van der Waals surface area contributed by atoms with Crippen LogP contribution in [0.1, 0.15) is 58.7 Å². The van der Waals surface area contributed by atoms with E-state index in [4.69, 9.17) is 18.8 Å². The lowest BCUT2D eigenvalue weighted by Crippen LogP contribution is -2.41. The first kappa shape index (κ1) is 20.4. The van der Waals surface area contributed by atoms with Crippen LogP contribution in [-0.2, 0) is 30.0 Å². The minimum Gasteiger partial charge on any atom is -0.469 e. The Morgan fingerprint density at radius 1 is 1.21 bits per heavy atom. The number of hydrogen-bond acceptors (Lipinski definition) is 5. The Kier molecular flexibility index (Phi) is 5.26. The van der Waals surface area contributed by atoms with Crippen molar-refractivity contribution in [3.05, 3.63) is 30.0 Å². The summed E-state index contributed by atoms with van der Waals surface area (Å²) >= 11 is 0. The maximum atomic E-state index is 12.0. The summed E-state index contributed by atoms with van der Waals surface area (Å²) in [6, 6.07) is 6.20. The summed E-state index contributed by atoms with van der Waals surface area (Å²) in [7, 11) is 0.978. The van der Waals surface area contributed by atoms with Gasteiger partial charge in [0.25, 0.3) is 0 Å². The van der Waals surface area contributed by atoms with E-state index in [0.717, 1.165) is 47.8 Å². The van der Waals surface area contributed by atoms with Crippen LogP contribution in [0.5, 0.6) is 0 Å². The highest BCUT2D eigenvalue weighted by atomic mass is 16.7. The smallest absolute Gasteiger partial charge is 0.469 e. The largest absolute Gasteiger partial charge is 0.494 e. The lowest BCUT2D eigenvalue weighted by molar-refractivity contribution is -0.139. The number of esters is 1. The molecule has 2 aliphatic rings. The fraction of sp³-hybridized carbons (Fsp3) is 0.591. The summed E-state index contributed by atoms with van der Waals surface area (Å²) in [5.74, 6) is -0.255. The zero-order chi connectivity index (χ0) is 20.8. The van der Waals surface area contributed by atoms with E-state index in [-0.39, 0.29) is 18.6 Å². The number of carbonyl (C=O) groups is 1. The molecule has 7 heteroatoms. The van der Waals surface area contributed by atoms with Crippen molar-refractivity contribution in [3.8, 4) is 0 Å². The second kappa shape index (κ2) is 7.45. The molecule has 1 unspecified atom stereocenters. The number of nitrogens with zero attached hydrogens (tertiary/aromatic N) is 1. The van der Waals surface area contributed by atoms with Crippen molar-refractivity contribution in [2.45, 2.75) is 70.8 Å². The molecule has 1 aromatic carbocycles. The third-order valence-corrected chi connectivity index (χ3v) is 6.49. The lowest BCUT2D eigenvalue weighted by atomic mass is 9.78.